The van der Waals surface area contributed by atoms with E-state index in [1.165, 1.54) is 6.07 Å². The Morgan fingerprint density at radius 1 is 1.50 bits per heavy atom. The van der Waals surface area contributed by atoms with Crippen LogP contribution in [0.15, 0.2) is 12.1 Å². The summed E-state index contributed by atoms with van der Waals surface area (Å²) in [6.07, 6.45) is 0.676. The molecule has 0 aliphatic carbocycles. The molecule has 0 saturated heterocycles. The van der Waals surface area contributed by atoms with E-state index in [9.17, 15) is 4.79 Å². The first-order chi connectivity index (χ1) is 7.09. The molecule has 0 radical (unpaired) electrons. The molecule has 0 unspecified atom stereocenters. The highest BCUT2D eigenvalue weighted by atomic mass is 35.5. The van der Waals surface area contributed by atoms with Gasteiger partial charge in [-0.2, -0.15) is 0 Å². The van der Waals surface area contributed by atoms with E-state index in [1.807, 2.05) is 0 Å². The number of benzene rings is 1. The first-order valence-electron chi connectivity index (χ1n) is 4.64. The summed E-state index contributed by atoms with van der Waals surface area (Å²) in [6.45, 7) is 0.443. The lowest BCUT2D eigenvalue weighted by molar-refractivity contribution is 0.0691. The number of carboxylic acids is 1. The zero-order valence-electron chi connectivity index (χ0n) is 8.47. The molecule has 5 nitrogen and oxygen atoms in total. The van der Waals surface area contributed by atoms with E-state index in [0.717, 1.165) is 0 Å². The topological polar surface area (TPSA) is 98.6 Å². The standard InChI is InChI=1S/C10H12N2O3.ClH/c11-5-3-6-8(12)1-2-15-9(6)7(4-5)10(13)14;/h3-4,8H,1-2,11-12H2,(H,13,14);1H/t8-;/m1./s1. The number of aromatic carboxylic acids is 1. The van der Waals surface area contributed by atoms with Gasteiger partial charge in [-0.25, -0.2) is 4.79 Å². The highest BCUT2D eigenvalue weighted by molar-refractivity contribution is 5.93. The molecule has 88 valence electrons. The van der Waals surface area contributed by atoms with E-state index >= 15 is 0 Å². The second-order valence-corrected chi connectivity index (χ2v) is 3.54. The second-order valence-electron chi connectivity index (χ2n) is 3.54. The van der Waals surface area contributed by atoms with Gasteiger partial charge in [0.2, 0.25) is 0 Å². The summed E-state index contributed by atoms with van der Waals surface area (Å²) in [5.41, 5.74) is 12.6. The van der Waals surface area contributed by atoms with Gasteiger partial charge in [-0.1, -0.05) is 0 Å². The maximum absolute atomic E-state index is 11.0. The lowest BCUT2D eigenvalue weighted by atomic mass is 9.97. The molecule has 1 heterocycles. The number of hydrogen-bond acceptors (Lipinski definition) is 4. The number of fused-ring (bicyclic) bond motifs is 1. The van der Waals surface area contributed by atoms with Crippen LogP contribution in [0.3, 0.4) is 0 Å². The van der Waals surface area contributed by atoms with Crippen molar-refractivity contribution in [2.75, 3.05) is 12.3 Å². The van der Waals surface area contributed by atoms with Gasteiger partial charge in [-0.05, 0) is 12.1 Å². The third-order valence-corrected chi connectivity index (χ3v) is 2.45. The molecule has 1 atom stereocenters. The van der Waals surface area contributed by atoms with Gasteiger partial charge in [-0.15, -0.1) is 12.4 Å². The maximum atomic E-state index is 11.0. The highest BCUT2D eigenvalue weighted by Crippen LogP contribution is 2.35. The van der Waals surface area contributed by atoms with Gasteiger partial charge in [0.15, 0.2) is 0 Å². The minimum Gasteiger partial charge on any atom is -0.492 e. The van der Waals surface area contributed by atoms with Crippen LogP contribution in [0.25, 0.3) is 0 Å². The molecule has 0 bridgehead atoms. The minimum atomic E-state index is -1.05. The van der Waals surface area contributed by atoms with Gasteiger partial charge in [0.25, 0.3) is 0 Å². The van der Waals surface area contributed by atoms with E-state index in [2.05, 4.69) is 0 Å². The van der Waals surface area contributed by atoms with Gasteiger partial charge in [0.1, 0.15) is 11.3 Å². The summed E-state index contributed by atoms with van der Waals surface area (Å²) in [4.78, 5) is 11.0. The zero-order valence-corrected chi connectivity index (χ0v) is 9.29. The van der Waals surface area contributed by atoms with Crippen molar-refractivity contribution in [1.82, 2.24) is 0 Å². The van der Waals surface area contributed by atoms with Gasteiger partial charge in [0, 0.05) is 23.7 Å². The van der Waals surface area contributed by atoms with Crippen molar-refractivity contribution in [3.8, 4) is 5.75 Å². The summed E-state index contributed by atoms with van der Waals surface area (Å²) in [5.74, 6) is -0.692. The largest absolute Gasteiger partial charge is 0.492 e. The molecule has 1 aromatic carbocycles. The molecule has 0 fully saturated rings. The lowest BCUT2D eigenvalue weighted by Gasteiger charge is -2.24. The molecule has 5 N–H and O–H groups in total. The number of nitrogens with two attached hydrogens (primary N) is 2. The fourth-order valence-electron chi connectivity index (χ4n) is 1.71. The first-order valence-corrected chi connectivity index (χ1v) is 4.64. The fourth-order valence-corrected chi connectivity index (χ4v) is 1.71. The number of rotatable bonds is 1. The van der Waals surface area contributed by atoms with Crippen LogP contribution in [0.4, 0.5) is 5.69 Å². The Morgan fingerprint density at radius 2 is 2.19 bits per heavy atom. The van der Waals surface area contributed by atoms with Crippen molar-refractivity contribution in [2.45, 2.75) is 12.5 Å². The number of hydrogen-bond donors (Lipinski definition) is 3. The van der Waals surface area contributed by atoms with E-state index in [-0.39, 0.29) is 24.0 Å². The van der Waals surface area contributed by atoms with Crippen LogP contribution in [-0.2, 0) is 0 Å². The normalized spacial score (nSPS) is 17.9. The number of halogens is 1. The van der Waals surface area contributed by atoms with Crippen LogP contribution in [0.2, 0.25) is 0 Å². The summed E-state index contributed by atoms with van der Waals surface area (Å²) < 4.78 is 5.32. The minimum absolute atomic E-state index is 0. The number of anilines is 1. The summed E-state index contributed by atoms with van der Waals surface area (Å²) >= 11 is 0. The molecule has 0 saturated carbocycles. The fraction of sp³-hybridized carbons (Fsp3) is 0.300. The average molecular weight is 245 g/mol. The molecule has 1 aliphatic rings. The van der Waals surface area contributed by atoms with Crippen molar-refractivity contribution >= 4 is 24.1 Å². The molecule has 1 aliphatic heterocycles. The van der Waals surface area contributed by atoms with Crippen molar-refractivity contribution in [1.29, 1.82) is 0 Å². The van der Waals surface area contributed by atoms with E-state index < -0.39 is 5.97 Å². The summed E-state index contributed by atoms with van der Waals surface area (Å²) in [5, 5.41) is 8.98. The number of nitrogen functional groups attached to an aromatic ring is 1. The third kappa shape index (κ3) is 2.05. The van der Waals surface area contributed by atoms with E-state index in [1.54, 1.807) is 6.07 Å². The SMILES string of the molecule is Cl.Nc1cc(C(=O)O)c2c(c1)[C@H](N)CCO2. The van der Waals surface area contributed by atoms with Crippen molar-refractivity contribution in [3.63, 3.8) is 0 Å². The molecule has 16 heavy (non-hydrogen) atoms. The number of ether oxygens (including phenoxy) is 1. The van der Waals surface area contributed by atoms with E-state index in [4.69, 9.17) is 21.3 Å². The Kier molecular flexibility index (Phi) is 3.62. The smallest absolute Gasteiger partial charge is 0.339 e. The third-order valence-electron chi connectivity index (χ3n) is 2.45. The Labute approximate surface area is 98.8 Å². The molecule has 6 heteroatoms. The van der Waals surface area contributed by atoms with Gasteiger partial charge >= 0.3 is 5.97 Å². The molecule has 0 spiro atoms. The van der Waals surface area contributed by atoms with Gasteiger partial charge in [0.05, 0.1) is 6.61 Å². The van der Waals surface area contributed by atoms with Gasteiger partial charge < -0.3 is 21.3 Å². The van der Waals surface area contributed by atoms with Crippen LogP contribution in [0, 0.1) is 0 Å². The quantitative estimate of drug-likeness (QED) is 0.644. The zero-order chi connectivity index (χ0) is 11.0. The Hall–Kier alpha value is -1.46. The van der Waals surface area contributed by atoms with Crippen molar-refractivity contribution in [2.24, 2.45) is 5.73 Å². The Bertz CT molecular complexity index is 423. The van der Waals surface area contributed by atoms with Crippen LogP contribution in [0.5, 0.6) is 5.75 Å². The summed E-state index contributed by atoms with van der Waals surface area (Å²) in [7, 11) is 0. The van der Waals surface area contributed by atoms with Crippen LogP contribution >= 0.6 is 12.4 Å². The molecule has 2 rings (SSSR count). The van der Waals surface area contributed by atoms with Crippen molar-refractivity contribution in [3.05, 3.63) is 23.3 Å². The summed E-state index contributed by atoms with van der Waals surface area (Å²) in [6, 6.07) is 2.86. The molecule has 0 amide bonds. The lowest BCUT2D eigenvalue weighted by Crippen LogP contribution is -2.22. The molecule has 0 aromatic heterocycles. The predicted octanol–water partition coefficient (Wildman–Crippen LogP) is 1.17. The highest BCUT2D eigenvalue weighted by Gasteiger charge is 2.24. The monoisotopic (exact) mass is 244 g/mol. The van der Waals surface area contributed by atoms with Gasteiger partial charge in [-0.3, -0.25) is 0 Å². The number of carboxylic acid groups (broad SMARTS) is 1. The predicted molar refractivity (Wildman–Crippen MR) is 62.1 cm³/mol. The molecule has 1 aromatic rings. The first kappa shape index (κ1) is 12.6. The Morgan fingerprint density at radius 3 is 2.81 bits per heavy atom. The molecular weight excluding hydrogens is 232 g/mol. The molecular formula is C10H13ClN2O3. The average Bonchev–Trinajstić information content (AvgIpc) is 2.18. The Balaban J connectivity index is 0.00000128. The maximum Gasteiger partial charge on any atom is 0.339 e. The van der Waals surface area contributed by atoms with Crippen LogP contribution < -0.4 is 16.2 Å². The van der Waals surface area contributed by atoms with Crippen molar-refractivity contribution < 1.29 is 14.6 Å². The number of carbonyl (C=O) groups is 1. The van der Waals surface area contributed by atoms with E-state index in [0.29, 0.717) is 30.0 Å². The van der Waals surface area contributed by atoms with Crippen LogP contribution in [0.1, 0.15) is 28.4 Å². The second kappa shape index (κ2) is 4.59. The van der Waals surface area contributed by atoms with Crippen LogP contribution in [-0.4, -0.2) is 17.7 Å².